The van der Waals surface area contributed by atoms with Gasteiger partial charge in [-0.15, -0.1) is 0 Å². The number of aromatic amines is 1. The van der Waals surface area contributed by atoms with Crippen LogP contribution < -0.4 is 16.6 Å². The molecule has 0 fully saturated rings. The predicted octanol–water partition coefficient (Wildman–Crippen LogP) is 2.45. The smallest absolute Gasteiger partial charge is 0.329 e. The van der Waals surface area contributed by atoms with Gasteiger partial charge in [0.1, 0.15) is 0 Å². The number of nitrogens with one attached hydrogen (secondary N) is 2. The van der Waals surface area contributed by atoms with Crippen LogP contribution in [0, 0.1) is 0 Å². The van der Waals surface area contributed by atoms with E-state index in [-0.39, 0.29) is 0 Å². The molecule has 7 nitrogen and oxygen atoms in total. The van der Waals surface area contributed by atoms with Gasteiger partial charge in [0.05, 0.1) is 6.54 Å². The molecule has 27 heavy (non-hydrogen) atoms. The molecule has 0 unspecified atom stereocenters. The van der Waals surface area contributed by atoms with Crippen LogP contribution in [0.4, 0.5) is 5.95 Å². The van der Waals surface area contributed by atoms with E-state index >= 15 is 0 Å². The Morgan fingerprint density at radius 3 is 2.70 bits per heavy atom. The van der Waals surface area contributed by atoms with Crippen molar-refractivity contribution in [3.63, 3.8) is 0 Å². The van der Waals surface area contributed by atoms with Crippen LogP contribution in [0.1, 0.15) is 18.9 Å². The lowest BCUT2D eigenvalue weighted by atomic mass is 10.0. The summed E-state index contributed by atoms with van der Waals surface area (Å²) in [6.45, 7) is 3.27. The molecule has 0 aliphatic heterocycles. The largest absolute Gasteiger partial charge is 0.356 e. The minimum atomic E-state index is -0.468. The van der Waals surface area contributed by atoms with Crippen LogP contribution in [0.3, 0.4) is 0 Å². The second-order valence-electron chi connectivity index (χ2n) is 6.58. The fourth-order valence-electron chi connectivity index (χ4n) is 3.36. The number of rotatable bonds is 5. The molecule has 2 N–H and O–H groups in total. The van der Waals surface area contributed by atoms with E-state index in [9.17, 15) is 9.59 Å². The summed E-state index contributed by atoms with van der Waals surface area (Å²) in [5.41, 5.74) is 0.959. The monoisotopic (exact) mass is 363 g/mol. The van der Waals surface area contributed by atoms with Gasteiger partial charge in [-0.2, -0.15) is 4.98 Å². The molecule has 2 aromatic carbocycles. The average Bonchev–Trinajstić information content (AvgIpc) is 3.04. The number of hydrogen-bond donors (Lipinski definition) is 2. The van der Waals surface area contributed by atoms with Gasteiger partial charge in [0, 0.05) is 13.6 Å². The van der Waals surface area contributed by atoms with E-state index < -0.39 is 11.2 Å². The molecule has 0 atom stereocenters. The highest BCUT2D eigenvalue weighted by Gasteiger charge is 2.18. The molecular weight excluding hydrogens is 342 g/mol. The van der Waals surface area contributed by atoms with Gasteiger partial charge in [-0.1, -0.05) is 49.4 Å². The normalized spacial score (nSPS) is 11.3. The molecule has 2 heterocycles. The van der Waals surface area contributed by atoms with Crippen LogP contribution in [0.15, 0.2) is 52.1 Å². The predicted molar refractivity (Wildman–Crippen MR) is 107 cm³/mol. The van der Waals surface area contributed by atoms with E-state index in [1.807, 2.05) is 28.8 Å². The number of nitrogens with zero attached hydrogens (tertiary/aromatic N) is 3. The quantitative estimate of drug-likeness (QED) is 0.570. The number of hydrogen-bond acceptors (Lipinski definition) is 4. The van der Waals surface area contributed by atoms with Crippen molar-refractivity contribution in [3.8, 4) is 0 Å². The highest BCUT2D eigenvalue weighted by molar-refractivity contribution is 5.86. The zero-order chi connectivity index (χ0) is 19.0. The molecule has 0 saturated carbocycles. The van der Waals surface area contributed by atoms with Gasteiger partial charge in [-0.3, -0.25) is 18.9 Å². The number of fused-ring (bicyclic) bond motifs is 2. The Morgan fingerprint density at radius 2 is 1.89 bits per heavy atom. The van der Waals surface area contributed by atoms with Crippen molar-refractivity contribution >= 4 is 27.9 Å². The fourth-order valence-corrected chi connectivity index (χ4v) is 3.36. The molecular formula is C20H21N5O2. The minimum absolute atomic E-state index is 0.377. The van der Waals surface area contributed by atoms with Gasteiger partial charge in [-0.05, 0) is 22.8 Å². The van der Waals surface area contributed by atoms with Gasteiger partial charge in [0.2, 0.25) is 5.95 Å². The van der Waals surface area contributed by atoms with E-state index in [1.165, 1.54) is 4.57 Å². The van der Waals surface area contributed by atoms with Crippen molar-refractivity contribution in [3.05, 3.63) is 68.9 Å². The summed E-state index contributed by atoms with van der Waals surface area (Å²) in [7, 11) is 1.61. The molecule has 0 amide bonds. The van der Waals surface area contributed by atoms with Crippen LogP contribution in [0.2, 0.25) is 0 Å². The van der Waals surface area contributed by atoms with Crippen LogP contribution in [-0.4, -0.2) is 25.6 Å². The number of aryl methyl sites for hydroxylation is 1. The van der Waals surface area contributed by atoms with Crippen molar-refractivity contribution in [2.75, 3.05) is 11.9 Å². The second kappa shape index (κ2) is 6.75. The maximum atomic E-state index is 12.6. The summed E-state index contributed by atoms with van der Waals surface area (Å²) >= 11 is 0. The molecule has 0 aliphatic rings. The lowest BCUT2D eigenvalue weighted by Crippen LogP contribution is -2.29. The summed E-state index contributed by atoms with van der Waals surface area (Å²) in [4.78, 5) is 31.4. The van der Waals surface area contributed by atoms with Crippen molar-refractivity contribution in [2.24, 2.45) is 7.05 Å². The summed E-state index contributed by atoms with van der Waals surface area (Å²) in [5.74, 6) is 0.589. The Kier molecular flexibility index (Phi) is 4.27. The Bertz CT molecular complexity index is 1240. The topological polar surface area (TPSA) is 84.7 Å². The maximum Gasteiger partial charge on any atom is 0.329 e. The number of benzene rings is 2. The third kappa shape index (κ3) is 2.91. The molecule has 138 valence electrons. The van der Waals surface area contributed by atoms with Gasteiger partial charge < -0.3 is 5.32 Å². The summed E-state index contributed by atoms with van der Waals surface area (Å²) < 4.78 is 3.22. The van der Waals surface area contributed by atoms with Gasteiger partial charge >= 0.3 is 5.69 Å². The van der Waals surface area contributed by atoms with E-state index in [0.29, 0.717) is 23.7 Å². The van der Waals surface area contributed by atoms with E-state index in [1.54, 1.807) is 7.05 Å². The lowest BCUT2D eigenvalue weighted by Gasteiger charge is -2.12. The summed E-state index contributed by atoms with van der Waals surface area (Å²) in [6.07, 6.45) is 0.923. The molecule has 0 spiro atoms. The van der Waals surface area contributed by atoms with E-state index in [4.69, 9.17) is 0 Å². The second-order valence-corrected chi connectivity index (χ2v) is 6.58. The minimum Gasteiger partial charge on any atom is -0.356 e. The first-order chi connectivity index (χ1) is 13.1. The summed E-state index contributed by atoms with van der Waals surface area (Å²) in [5, 5.41) is 5.55. The first-order valence-corrected chi connectivity index (χ1v) is 9.00. The molecule has 7 heteroatoms. The SMILES string of the molecule is CCCNc1nc2c(c(=O)[nH]c(=O)n2C)n1Cc1cccc2ccccc12. The van der Waals surface area contributed by atoms with Crippen molar-refractivity contribution in [1.82, 2.24) is 19.1 Å². The number of imidazole rings is 1. The Labute approximate surface area is 155 Å². The zero-order valence-corrected chi connectivity index (χ0v) is 15.3. The molecule has 2 aromatic heterocycles. The Balaban J connectivity index is 1.95. The van der Waals surface area contributed by atoms with Crippen LogP contribution in [0.5, 0.6) is 0 Å². The highest BCUT2D eigenvalue weighted by atomic mass is 16.2. The van der Waals surface area contributed by atoms with Crippen molar-refractivity contribution < 1.29 is 0 Å². The van der Waals surface area contributed by atoms with Crippen molar-refractivity contribution in [2.45, 2.75) is 19.9 Å². The van der Waals surface area contributed by atoms with Crippen LogP contribution in [-0.2, 0) is 13.6 Å². The fraction of sp³-hybridized carbons (Fsp3) is 0.250. The summed E-state index contributed by atoms with van der Waals surface area (Å²) in [6, 6.07) is 14.3. The van der Waals surface area contributed by atoms with Crippen LogP contribution >= 0.6 is 0 Å². The Hall–Kier alpha value is -3.35. The van der Waals surface area contributed by atoms with E-state index in [0.717, 1.165) is 29.3 Å². The zero-order valence-electron chi connectivity index (χ0n) is 15.3. The number of H-pyrrole nitrogens is 1. The first-order valence-electron chi connectivity index (χ1n) is 9.00. The van der Waals surface area contributed by atoms with Crippen LogP contribution in [0.25, 0.3) is 21.9 Å². The first kappa shape index (κ1) is 17.1. The molecule has 0 saturated heterocycles. The third-order valence-corrected chi connectivity index (χ3v) is 4.75. The molecule has 0 bridgehead atoms. The van der Waals surface area contributed by atoms with E-state index in [2.05, 4.69) is 40.4 Å². The molecule has 4 aromatic rings. The Morgan fingerprint density at radius 1 is 1.11 bits per heavy atom. The maximum absolute atomic E-state index is 12.6. The van der Waals surface area contributed by atoms with Crippen molar-refractivity contribution in [1.29, 1.82) is 0 Å². The standard InChI is InChI=1S/C20H21N5O2/c1-3-11-21-19-22-17-16(18(26)23-20(27)24(17)2)25(19)12-14-9-6-8-13-7-4-5-10-15(13)14/h4-10H,3,11-12H2,1-2H3,(H,21,22)(H,23,26,27). The number of aromatic nitrogens is 4. The van der Waals surface area contributed by atoms with Gasteiger partial charge in [-0.25, -0.2) is 4.79 Å². The van der Waals surface area contributed by atoms with Gasteiger partial charge in [0.15, 0.2) is 11.2 Å². The third-order valence-electron chi connectivity index (χ3n) is 4.75. The highest BCUT2D eigenvalue weighted by Crippen LogP contribution is 2.23. The lowest BCUT2D eigenvalue weighted by molar-refractivity contribution is 0.806. The van der Waals surface area contributed by atoms with Gasteiger partial charge in [0.25, 0.3) is 5.56 Å². The average molecular weight is 363 g/mol. The molecule has 0 aliphatic carbocycles. The molecule has 0 radical (unpaired) electrons. The molecule has 4 rings (SSSR count). The number of anilines is 1.